The summed E-state index contributed by atoms with van der Waals surface area (Å²) in [6, 6.07) is 9.94. The van der Waals surface area contributed by atoms with Crippen molar-refractivity contribution in [3.8, 4) is 5.75 Å². The van der Waals surface area contributed by atoms with Crippen molar-refractivity contribution < 1.29 is 19.4 Å². The number of nitrogens with one attached hydrogen (secondary N) is 1. The molecule has 0 saturated heterocycles. The number of ether oxygens (including phenoxy) is 1. The molecule has 0 radical (unpaired) electrons. The van der Waals surface area contributed by atoms with Crippen LogP contribution in [0.3, 0.4) is 0 Å². The molecule has 6 heteroatoms. The first kappa shape index (κ1) is 14.8. The number of methoxy groups -OCH3 is 1. The topological polar surface area (TPSA) is 102 Å². The number of nitrogens with two attached hydrogens (primary N) is 1. The van der Waals surface area contributed by atoms with Crippen LogP contribution in [-0.2, 0) is 9.59 Å². The summed E-state index contributed by atoms with van der Waals surface area (Å²) in [5.41, 5.74) is 6.04. The molecule has 2 rings (SSSR count). The second-order valence-electron chi connectivity index (χ2n) is 4.59. The van der Waals surface area contributed by atoms with Gasteiger partial charge in [0.1, 0.15) is 5.75 Å². The van der Waals surface area contributed by atoms with E-state index in [4.69, 9.17) is 15.6 Å². The largest absolute Gasteiger partial charge is 0.496 e. The monoisotopic (exact) mass is 288 g/mol. The zero-order valence-corrected chi connectivity index (χ0v) is 11.5. The third-order valence-electron chi connectivity index (χ3n) is 3.04. The van der Waals surface area contributed by atoms with Crippen LogP contribution in [0.25, 0.3) is 10.8 Å². The Morgan fingerprint density at radius 2 is 2.05 bits per heavy atom. The van der Waals surface area contributed by atoms with E-state index in [9.17, 15) is 9.59 Å². The predicted molar refractivity (Wildman–Crippen MR) is 79.4 cm³/mol. The van der Waals surface area contributed by atoms with Crippen LogP contribution in [0.5, 0.6) is 5.75 Å². The van der Waals surface area contributed by atoms with Crippen LogP contribution in [0.2, 0.25) is 0 Å². The molecule has 2 aromatic carbocycles. The molecule has 0 fully saturated rings. The van der Waals surface area contributed by atoms with Crippen LogP contribution in [0.4, 0.5) is 5.69 Å². The normalized spacial score (nSPS) is 11.9. The van der Waals surface area contributed by atoms with Gasteiger partial charge in [-0.1, -0.05) is 24.3 Å². The third-order valence-corrected chi connectivity index (χ3v) is 3.04. The minimum absolute atomic E-state index is 0.420. The van der Waals surface area contributed by atoms with Crippen LogP contribution in [0.15, 0.2) is 36.4 Å². The number of hydrogen-bond donors (Lipinski definition) is 3. The lowest BCUT2D eigenvalue weighted by Crippen LogP contribution is -2.37. The number of carbonyl (C=O) groups excluding carboxylic acids is 1. The van der Waals surface area contributed by atoms with Gasteiger partial charge in [-0.25, -0.2) is 0 Å². The standard InChI is InChI=1S/C15H16N2O4/c1-21-13-7-10(6-9-4-2-3-5-11(9)13)17-15(20)12(16)8-14(18)19/h2-7,12H,8,16H2,1H3,(H,17,20)(H,18,19)/t12-/m1/s1. The molecule has 2 aromatic rings. The highest BCUT2D eigenvalue weighted by Gasteiger charge is 2.17. The van der Waals surface area contributed by atoms with Crippen molar-refractivity contribution in [2.75, 3.05) is 12.4 Å². The molecule has 0 aliphatic rings. The van der Waals surface area contributed by atoms with Gasteiger partial charge in [0.2, 0.25) is 5.91 Å². The zero-order chi connectivity index (χ0) is 15.4. The summed E-state index contributed by atoms with van der Waals surface area (Å²) >= 11 is 0. The Balaban J connectivity index is 2.26. The summed E-state index contributed by atoms with van der Waals surface area (Å²) < 4.78 is 5.30. The van der Waals surface area contributed by atoms with Crippen molar-refractivity contribution in [3.63, 3.8) is 0 Å². The molecular formula is C15H16N2O4. The molecule has 0 aliphatic carbocycles. The second-order valence-corrected chi connectivity index (χ2v) is 4.59. The number of fused-ring (bicyclic) bond motifs is 1. The number of carboxylic acids is 1. The number of rotatable bonds is 5. The Labute approximate surface area is 121 Å². The van der Waals surface area contributed by atoms with Gasteiger partial charge in [-0.05, 0) is 11.5 Å². The molecule has 6 nitrogen and oxygen atoms in total. The van der Waals surface area contributed by atoms with Gasteiger partial charge < -0.3 is 20.9 Å². The molecule has 0 saturated carbocycles. The Hall–Kier alpha value is -2.60. The van der Waals surface area contributed by atoms with Crippen LogP contribution >= 0.6 is 0 Å². The molecule has 4 N–H and O–H groups in total. The lowest BCUT2D eigenvalue weighted by atomic mass is 10.1. The molecular weight excluding hydrogens is 272 g/mol. The molecule has 0 unspecified atom stereocenters. The molecule has 110 valence electrons. The Kier molecular flexibility index (Phi) is 4.39. The van der Waals surface area contributed by atoms with Gasteiger partial charge in [-0.3, -0.25) is 9.59 Å². The molecule has 1 atom stereocenters. The maximum absolute atomic E-state index is 11.8. The highest BCUT2D eigenvalue weighted by atomic mass is 16.5. The number of carboxylic acid groups (broad SMARTS) is 1. The van der Waals surface area contributed by atoms with Crippen LogP contribution < -0.4 is 15.8 Å². The number of carbonyl (C=O) groups is 2. The summed E-state index contributed by atoms with van der Waals surface area (Å²) in [6.45, 7) is 0. The fraction of sp³-hybridized carbons (Fsp3) is 0.200. The molecule has 21 heavy (non-hydrogen) atoms. The number of anilines is 1. The van der Waals surface area contributed by atoms with E-state index >= 15 is 0 Å². The van der Waals surface area contributed by atoms with Crippen molar-refractivity contribution in [2.45, 2.75) is 12.5 Å². The molecule has 1 amide bonds. The number of aliphatic carboxylic acids is 1. The molecule has 0 bridgehead atoms. The Morgan fingerprint density at radius 3 is 2.71 bits per heavy atom. The average molecular weight is 288 g/mol. The van der Waals surface area contributed by atoms with Crippen molar-refractivity contribution in [1.29, 1.82) is 0 Å². The average Bonchev–Trinajstić information content (AvgIpc) is 2.45. The second kappa shape index (κ2) is 6.23. The molecule has 0 aromatic heterocycles. The number of amides is 1. The fourth-order valence-electron chi connectivity index (χ4n) is 2.03. The molecule has 0 aliphatic heterocycles. The van der Waals surface area contributed by atoms with Crippen molar-refractivity contribution in [3.05, 3.63) is 36.4 Å². The minimum atomic E-state index is -1.12. The van der Waals surface area contributed by atoms with E-state index in [2.05, 4.69) is 5.32 Å². The van der Waals surface area contributed by atoms with Gasteiger partial charge in [-0.2, -0.15) is 0 Å². The first-order valence-corrected chi connectivity index (χ1v) is 6.36. The highest BCUT2D eigenvalue weighted by molar-refractivity contribution is 6.00. The Bertz CT molecular complexity index is 684. The smallest absolute Gasteiger partial charge is 0.305 e. The number of hydrogen-bond acceptors (Lipinski definition) is 4. The minimum Gasteiger partial charge on any atom is -0.496 e. The van der Waals surface area contributed by atoms with E-state index in [1.54, 1.807) is 19.2 Å². The third kappa shape index (κ3) is 3.49. The van der Waals surface area contributed by atoms with Crippen molar-refractivity contribution >= 4 is 28.3 Å². The van der Waals surface area contributed by atoms with Crippen LogP contribution in [0.1, 0.15) is 6.42 Å². The van der Waals surface area contributed by atoms with Crippen LogP contribution in [0, 0.1) is 0 Å². The van der Waals surface area contributed by atoms with Gasteiger partial charge in [0.05, 0.1) is 19.6 Å². The lowest BCUT2D eigenvalue weighted by Gasteiger charge is -2.13. The zero-order valence-electron chi connectivity index (χ0n) is 11.5. The first-order valence-electron chi connectivity index (χ1n) is 6.36. The van der Waals surface area contributed by atoms with Gasteiger partial charge >= 0.3 is 5.97 Å². The van der Waals surface area contributed by atoms with E-state index in [-0.39, 0.29) is 0 Å². The summed E-state index contributed by atoms with van der Waals surface area (Å²) in [4.78, 5) is 22.4. The SMILES string of the molecule is COc1cc(NC(=O)[C@H](N)CC(=O)O)cc2ccccc12. The first-order chi connectivity index (χ1) is 10.0. The predicted octanol–water partition coefficient (Wildman–Crippen LogP) is 1.59. The van der Waals surface area contributed by atoms with E-state index in [0.717, 1.165) is 10.8 Å². The van der Waals surface area contributed by atoms with E-state index in [0.29, 0.717) is 11.4 Å². The maximum atomic E-state index is 11.8. The molecule has 0 spiro atoms. The lowest BCUT2D eigenvalue weighted by molar-refractivity contribution is -0.138. The van der Waals surface area contributed by atoms with Gasteiger partial charge in [0.25, 0.3) is 0 Å². The summed E-state index contributed by atoms with van der Waals surface area (Å²) in [6.07, 6.45) is -0.420. The quantitative estimate of drug-likeness (QED) is 0.775. The van der Waals surface area contributed by atoms with Crippen molar-refractivity contribution in [2.24, 2.45) is 5.73 Å². The van der Waals surface area contributed by atoms with E-state index < -0.39 is 24.3 Å². The summed E-state index contributed by atoms with van der Waals surface area (Å²) in [5, 5.41) is 13.1. The maximum Gasteiger partial charge on any atom is 0.305 e. The Morgan fingerprint density at radius 1 is 1.33 bits per heavy atom. The summed E-state index contributed by atoms with van der Waals surface area (Å²) in [5.74, 6) is -1.04. The molecule has 0 heterocycles. The van der Waals surface area contributed by atoms with Gasteiger partial charge in [0, 0.05) is 17.1 Å². The van der Waals surface area contributed by atoms with Crippen LogP contribution in [-0.4, -0.2) is 30.1 Å². The van der Waals surface area contributed by atoms with E-state index in [1.807, 2.05) is 24.3 Å². The number of benzene rings is 2. The van der Waals surface area contributed by atoms with Gasteiger partial charge in [-0.15, -0.1) is 0 Å². The van der Waals surface area contributed by atoms with Crippen molar-refractivity contribution in [1.82, 2.24) is 0 Å². The fourth-order valence-corrected chi connectivity index (χ4v) is 2.03. The summed E-state index contributed by atoms with van der Waals surface area (Å²) in [7, 11) is 1.55. The highest BCUT2D eigenvalue weighted by Crippen LogP contribution is 2.29. The van der Waals surface area contributed by atoms with E-state index in [1.165, 1.54) is 0 Å². The van der Waals surface area contributed by atoms with Gasteiger partial charge in [0.15, 0.2) is 0 Å².